The van der Waals surface area contributed by atoms with Gasteiger partial charge in [-0.25, -0.2) is 9.37 Å². The van der Waals surface area contributed by atoms with Crippen LogP contribution in [0.25, 0.3) is 0 Å². The number of aryl methyl sites for hydroxylation is 2. The van der Waals surface area contributed by atoms with Crippen LogP contribution in [-0.4, -0.2) is 11.0 Å². The molecule has 3 rings (SSSR count). The third-order valence-corrected chi connectivity index (χ3v) is 3.79. The van der Waals surface area contributed by atoms with Crippen LogP contribution in [0, 0.1) is 19.7 Å². The molecule has 1 heterocycles. The summed E-state index contributed by atoms with van der Waals surface area (Å²) in [5.41, 5.74) is 2.88. The number of halogens is 1. The fourth-order valence-electron chi connectivity index (χ4n) is 2.10. The first-order valence-corrected chi connectivity index (χ1v) is 7.25. The maximum Gasteiger partial charge on any atom is 0.256 e. The van der Waals surface area contributed by atoms with Gasteiger partial charge in [-0.15, -0.1) is 0 Å². The van der Waals surface area contributed by atoms with Gasteiger partial charge in [-0.2, -0.15) is 0 Å². The quantitative estimate of drug-likeness (QED) is 0.905. The summed E-state index contributed by atoms with van der Waals surface area (Å²) in [4.78, 5) is 4.00. The van der Waals surface area contributed by atoms with E-state index in [1.807, 2.05) is 32.0 Å². The molecule has 110 valence electrons. The van der Waals surface area contributed by atoms with Crippen molar-refractivity contribution >= 4 is 0 Å². The minimum absolute atomic E-state index is 0.0355. The third-order valence-electron chi connectivity index (χ3n) is 3.79. The smallest absolute Gasteiger partial charge is 0.256 e. The first-order chi connectivity index (χ1) is 10.1. The molecule has 1 aromatic carbocycles. The molecule has 0 aliphatic heterocycles. The molecular weight excluding hydrogens is 267 g/mol. The molecule has 1 N–H and O–H groups in total. The normalized spacial score (nSPS) is 14.2. The van der Waals surface area contributed by atoms with E-state index in [1.165, 1.54) is 18.4 Å². The molecule has 0 bridgehead atoms. The van der Waals surface area contributed by atoms with E-state index in [9.17, 15) is 4.39 Å². The van der Waals surface area contributed by atoms with Crippen LogP contribution >= 0.6 is 0 Å². The van der Waals surface area contributed by atoms with E-state index in [2.05, 4.69) is 10.3 Å². The zero-order valence-corrected chi connectivity index (χ0v) is 12.3. The highest BCUT2D eigenvalue weighted by atomic mass is 19.1. The summed E-state index contributed by atoms with van der Waals surface area (Å²) < 4.78 is 20.0. The standard InChI is InChI=1S/C17H19FN2O/c1-11-3-6-15(9-12(11)2)21-17-16(18)13(7-8-19-17)10-20-14-4-5-14/h3,6-9,14,20H,4-5,10H2,1-2H3. The SMILES string of the molecule is Cc1ccc(Oc2nccc(CNC3CC3)c2F)cc1C. The van der Waals surface area contributed by atoms with Gasteiger partial charge in [0.25, 0.3) is 5.88 Å². The van der Waals surface area contributed by atoms with Gasteiger partial charge in [0.1, 0.15) is 5.75 Å². The van der Waals surface area contributed by atoms with Crippen molar-refractivity contribution in [2.24, 2.45) is 0 Å². The van der Waals surface area contributed by atoms with Gasteiger partial charge in [0.15, 0.2) is 5.82 Å². The van der Waals surface area contributed by atoms with Crippen LogP contribution in [0.2, 0.25) is 0 Å². The minimum Gasteiger partial charge on any atom is -0.436 e. The molecule has 1 aliphatic rings. The van der Waals surface area contributed by atoms with Crippen molar-refractivity contribution < 1.29 is 9.13 Å². The zero-order chi connectivity index (χ0) is 14.8. The lowest BCUT2D eigenvalue weighted by Crippen LogP contribution is -2.16. The lowest BCUT2D eigenvalue weighted by atomic mass is 10.1. The van der Waals surface area contributed by atoms with Crippen molar-refractivity contribution in [1.82, 2.24) is 10.3 Å². The largest absolute Gasteiger partial charge is 0.436 e. The Kier molecular flexibility index (Phi) is 3.88. The molecule has 0 spiro atoms. The average molecular weight is 286 g/mol. The molecule has 1 aliphatic carbocycles. The number of rotatable bonds is 5. The number of nitrogens with zero attached hydrogens (tertiary/aromatic N) is 1. The Morgan fingerprint density at radius 3 is 2.76 bits per heavy atom. The summed E-state index contributed by atoms with van der Waals surface area (Å²) in [6.45, 7) is 4.55. The molecule has 0 unspecified atom stereocenters. The number of hydrogen-bond acceptors (Lipinski definition) is 3. The van der Waals surface area contributed by atoms with Gasteiger partial charge in [-0.05, 0) is 56.0 Å². The predicted molar refractivity (Wildman–Crippen MR) is 80.0 cm³/mol. The molecule has 1 saturated carbocycles. The van der Waals surface area contributed by atoms with Crippen molar-refractivity contribution in [2.45, 2.75) is 39.3 Å². The Labute approximate surface area is 124 Å². The lowest BCUT2D eigenvalue weighted by molar-refractivity contribution is 0.417. The predicted octanol–water partition coefficient (Wildman–Crippen LogP) is 3.88. The number of aromatic nitrogens is 1. The molecular formula is C17H19FN2O. The Balaban J connectivity index is 1.77. The van der Waals surface area contributed by atoms with Crippen molar-refractivity contribution in [3.63, 3.8) is 0 Å². The lowest BCUT2D eigenvalue weighted by Gasteiger charge is -2.10. The zero-order valence-electron chi connectivity index (χ0n) is 12.3. The van der Waals surface area contributed by atoms with E-state index >= 15 is 0 Å². The fraction of sp³-hybridized carbons (Fsp3) is 0.353. The van der Waals surface area contributed by atoms with Gasteiger partial charge in [0, 0.05) is 24.3 Å². The molecule has 21 heavy (non-hydrogen) atoms. The van der Waals surface area contributed by atoms with Crippen LogP contribution in [0.5, 0.6) is 11.6 Å². The highest BCUT2D eigenvalue weighted by molar-refractivity contribution is 5.36. The third kappa shape index (κ3) is 3.39. The number of ether oxygens (including phenoxy) is 1. The first kappa shape index (κ1) is 14.0. The van der Waals surface area contributed by atoms with Crippen molar-refractivity contribution in [3.05, 3.63) is 53.0 Å². The second kappa shape index (κ2) is 5.82. The average Bonchev–Trinajstić information content (AvgIpc) is 3.28. The fourth-order valence-corrected chi connectivity index (χ4v) is 2.10. The minimum atomic E-state index is -0.385. The summed E-state index contributed by atoms with van der Waals surface area (Å²) in [7, 11) is 0. The molecule has 0 radical (unpaired) electrons. The Bertz CT molecular complexity index is 653. The molecule has 3 nitrogen and oxygen atoms in total. The maximum atomic E-state index is 14.4. The number of nitrogens with one attached hydrogen (secondary N) is 1. The molecule has 1 fully saturated rings. The van der Waals surface area contributed by atoms with Gasteiger partial charge < -0.3 is 10.1 Å². The summed E-state index contributed by atoms with van der Waals surface area (Å²) in [5, 5.41) is 3.30. The maximum absolute atomic E-state index is 14.4. The summed E-state index contributed by atoms with van der Waals surface area (Å²) in [6.07, 6.45) is 3.95. The summed E-state index contributed by atoms with van der Waals surface area (Å²) in [5.74, 6) is 0.258. The molecule has 1 aromatic heterocycles. The second-order valence-electron chi connectivity index (χ2n) is 5.59. The Hall–Kier alpha value is -1.94. The van der Waals surface area contributed by atoms with E-state index in [-0.39, 0.29) is 11.7 Å². The second-order valence-corrected chi connectivity index (χ2v) is 5.59. The van der Waals surface area contributed by atoms with Gasteiger partial charge in [0.2, 0.25) is 0 Å². The van der Waals surface area contributed by atoms with E-state index in [0.717, 1.165) is 5.56 Å². The van der Waals surface area contributed by atoms with Crippen LogP contribution in [-0.2, 0) is 6.54 Å². The number of hydrogen-bond donors (Lipinski definition) is 1. The molecule has 2 aromatic rings. The summed E-state index contributed by atoms with van der Waals surface area (Å²) >= 11 is 0. The molecule has 0 amide bonds. The molecule has 0 saturated heterocycles. The first-order valence-electron chi connectivity index (χ1n) is 7.25. The van der Waals surface area contributed by atoms with Crippen LogP contribution in [0.3, 0.4) is 0 Å². The van der Waals surface area contributed by atoms with Gasteiger partial charge in [0.05, 0.1) is 0 Å². The van der Waals surface area contributed by atoms with E-state index in [1.54, 1.807) is 12.3 Å². The van der Waals surface area contributed by atoms with Crippen LogP contribution in [0.1, 0.15) is 29.5 Å². The van der Waals surface area contributed by atoms with E-state index in [0.29, 0.717) is 23.9 Å². The summed E-state index contributed by atoms with van der Waals surface area (Å²) in [6, 6.07) is 7.92. The molecule has 4 heteroatoms. The van der Waals surface area contributed by atoms with E-state index < -0.39 is 0 Å². The van der Waals surface area contributed by atoms with Crippen molar-refractivity contribution in [3.8, 4) is 11.6 Å². The van der Waals surface area contributed by atoms with Gasteiger partial charge in [-0.1, -0.05) is 6.07 Å². The highest BCUT2D eigenvalue weighted by Gasteiger charge is 2.21. The Morgan fingerprint density at radius 1 is 1.24 bits per heavy atom. The van der Waals surface area contributed by atoms with Crippen LogP contribution < -0.4 is 10.1 Å². The van der Waals surface area contributed by atoms with Gasteiger partial charge in [-0.3, -0.25) is 0 Å². The van der Waals surface area contributed by atoms with Crippen molar-refractivity contribution in [2.75, 3.05) is 0 Å². The van der Waals surface area contributed by atoms with Gasteiger partial charge >= 0.3 is 0 Å². The van der Waals surface area contributed by atoms with Crippen LogP contribution in [0.4, 0.5) is 4.39 Å². The Morgan fingerprint density at radius 2 is 2.05 bits per heavy atom. The highest BCUT2D eigenvalue weighted by Crippen LogP contribution is 2.26. The monoisotopic (exact) mass is 286 g/mol. The number of pyridine rings is 1. The van der Waals surface area contributed by atoms with Crippen molar-refractivity contribution in [1.29, 1.82) is 0 Å². The van der Waals surface area contributed by atoms with Crippen LogP contribution in [0.15, 0.2) is 30.5 Å². The number of benzene rings is 1. The van der Waals surface area contributed by atoms with E-state index in [4.69, 9.17) is 4.74 Å². The molecule has 0 atom stereocenters. The topological polar surface area (TPSA) is 34.1 Å².